The van der Waals surface area contributed by atoms with Crippen molar-refractivity contribution in [3.8, 4) is 11.1 Å². The lowest BCUT2D eigenvalue weighted by molar-refractivity contribution is -0.133. The molecule has 0 saturated carbocycles. The molecule has 22 heavy (non-hydrogen) atoms. The molecule has 4 heteroatoms. The zero-order valence-electron chi connectivity index (χ0n) is 12.5. The number of likely N-dealkylation sites (N-methyl/N-ethyl adjacent to an activating group) is 1. The number of amides is 2. The zero-order chi connectivity index (χ0) is 15.5. The highest BCUT2D eigenvalue weighted by atomic mass is 16.2. The van der Waals surface area contributed by atoms with Gasteiger partial charge in [-0.05, 0) is 23.3 Å². The summed E-state index contributed by atoms with van der Waals surface area (Å²) in [5, 5.41) is 0. The Morgan fingerprint density at radius 2 is 1.68 bits per heavy atom. The van der Waals surface area contributed by atoms with E-state index in [9.17, 15) is 9.59 Å². The molecule has 0 atom stereocenters. The molecule has 1 aliphatic rings. The van der Waals surface area contributed by atoms with E-state index in [0.29, 0.717) is 18.7 Å². The van der Waals surface area contributed by atoms with Crippen molar-refractivity contribution in [3.05, 3.63) is 60.2 Å². The predicted octanol–water partition coefficient (Wildman–Crippen LogP) is 2.27. The fourth-order valence-electron chi connectivity index (χ4n) is 2.58. The predicted molar refractivity (Wildman–Crippen MR) is 85.4 cm³/mol. The van der Waals surface area contributed by atoms with Gasteiger partial charge in [0.15, 0.2) is 0 Å². The molecule has 0 spiro atoms. The molecule has 0 bridgehead atoms. The van der Waals surface area contributed by atoms with Crippen molar-refractivity contribution in [1.82, 2.24) is 9.80 Å². The maximum atomic E-state index is 12.6. The maximum absolute atomic E-state index is 12.6. The van der Waals surface area contributed by atoms with Gasteiger partial charge in [0, 0.05) is 25.7 Å². The van der Waals surface area contributed by atoms with Crippen molar-refractivity contribution < 1.29 is 9.59 Å². The zero-order valence-corrected chi connectivity index (χ0v) is 12.5. The van der Waals surface area contributed by atoms with Crippen LogP contribution in [0.4, 0.5) is 0 Å². The summed E-state index contributed by atoms with van der Waals surface area (Å²) < 4.78 is 0. The molecule has 2 aromatic rings. The first kappa shape index (κ1) is 14.3. The summed E-state index contributed by atoms with van der Waals surface area (Å²) in [7, 11) is 1.76. The Balaban J connectivity index is 1.83. The number of carbonyl (C=O) groups excluding carboxylic acids is 2. The molecule has 1 fully saturated rings. The average Bonchev–Trinajstić information content (AvgIpc) is 2.57. The molecular formula is C18H18N2O2. The van der Waals surface area contributed by atoms with Crippen molar-refractivity contribution >= 4 is 11.8 Å². The van der Waals surface area contributed by atoms with Gasteiger partial charge in [-0.2, -0.15) is 0 Å². The van der Waals surface area contributed by atoms with E-state index in [-0.39, 0.29) is 18.4 Å². The first-order valence-electron chi connectivity index (χ1n) is 7.34. The summed E-state index contributed by atoms with van der Waals surface area (Å²) in [5.41, 5.74) is 2.71. The molecule has 1 saturated heterocycles. The number of rotatable bonds is 2. The van der Waals surface area contributed by atoms with Gasteiger partial charge in [-0.25, -0.2) is 0 Å². The summed E-state index contributed by atoms with van der Waals surface area (Å²) >= 11 is 0. The second-order valence-electron chi connectivity index (χ2n) is 5.49. The Labute approximate surface area is 130 Å². The van der Waals surface area contributed by atoms with E-state index in [1.807, 2.05) is 48.5 Å². The minimum absolute atomic E-state index is 0.0150. The van der Waals surface area contributed by atoms with Crippen molar-refractivity contribution in [2.45, 2.75) is 0 Å². The van der Waals surface area contributed by atoms with Gasteiger partial charge < -0.3 is 9.80 Å². The van der Waals surface area contributed by atoms with E-state index in [4.69, 9.17) is 0 Å². The molecule has 0 aliphatic carbocycles. The molecule has 4 nitrogen and oxygen atoms in total. The molecule has 112 valence electrons. The maximum Gasteiger partial charge on any atom is 0.254 e. The highest BCUT2D eigenvalue weighted by Gasteiger charge is 2.25. The van der Waals surface area contributed by atoms with Crippen LogP contribution < -0.4 is 0 Å². The minimum atomic E-state index is -0.0840. The fourth-order valence-corrected chi connectivity index (χ4v) is 2.58. The molecule has 3 rings (SSSR count). The summed E-state index contributed by atoms with van der Waals surface area (Å²) in [6.45, 7) is 1.32. The molecular weight excluding hydrogens is 276 g/mol. The third-order valence-corrected chi connectivity index (χ3v) is 3.96. The van der Waals surface area contributed by atoms with Crippen LogP contribution in [-0.4, -0.2) is 48.3 Å². The molecule has 0 N–H and O–H groups in total. The van der Waals surface area contributed by atoms with Crippen LogP contribution >= 0.6 is 0 Å². The van der Waals surface area contributed by atoms with E-state index in [1.54, 1.807) is 22.9 Å². The molecule has 1 aliphatic heterocycles. The number of carbonyl (C=O) groups is 2. The van der Waals surface area contributed by atoms with Gasteiger partial charge in [-0.15, -0.1) is 0 Å². The van der Waals surface area contributed by atoms with Crippen LogP contribution in [0.1, 0.15) is 10.4 Å². The first-order valence-corrected chi connectivity index (χ1v) is 7.34. The van der Waals surface area contributed by atoms with E-state index < -0.39 is 0 Å². The topological polar surface area (TPSA) is 40.6 Å². The SMILES string of the molecule is CN1CCN(C(=O)c2cccc(-c3ccccc3)c2)CC1=O. The lowest BCUT2D eigenvalue weighted by Crippen LogP contribution is -2.50. The molecule has 0 radical (unpaired) electrons. The Bertz CT molecular complexity index is 697. The van der Waals surface area contributed by atoms with E-state index in [2.05, 4.69) is 0 Å². The van der Waals surface area contributed by atoms with Crippen molar-refractivity contribution in [2.24, 2.45) is 0 Å². The monoisotopic (exact) mass is 294 g/mol. The number of nitrogens with zero attached hydrogens (tertiary/aromatic N) is 2. The average molecular weight is 294 g/mol. The highest BCUT2D eigenvalue weighted by Crippen LogP contribution is 2.21. The quantitative estimate of drug-likeness (QED) is 0.852. The van der Waals surface area contributed by atoms with Gasteiger partial charge in [0.25, 0.3) is 5.91 Å². The molecule has 1 heterocycles. The van der Waals surface area contributed by atoms with Gasteiger partial charge in [0.05, 0.1) is 0 Å². The van der Waals surface area contributed by atoms with Crippen LogP contribution in [0, 0.1) is 0 Å². The lowest BCUT2D eigenvalue weighted by Gasteiger charge is -2.32. The molecule has 2 amide bonds. The van der Waals surface area contributed by atoms with E-state index >= 15 is 0 Å². The Morgan fingerprint density at radius 3 is 2.41 bits per heavy atom. The molecule has 2 aromatic carbocycles. The molecule has 0 aromatic heterocycles. The normalized spacial score (nSPS) is 15.0. The standard InChI is InChI=1S/C18H18N2O2/c1-19-10-11-20(13-17(19)21)18(22)16-9-5-8-15(12-16)14-6-3-2-4-7-14/h2-9,12H,10-11,13H2,1H3. The van der Waals surface area contributed by atoms with Crippen LogP contribution in [0.5, 0.6) is 0 Å². The van der Waals surface area contributed by atoms with Crippen molar-refractivity contribution in [2.75, 3.05) is 26.7 Å². The fraction of sp³-hybridized carbons (Fsp3) is 0.222. The number of piperazine rings is 1. The van der Waals surface area contributed by atoms with Crippen LogP contribution in [0.15, 0.2) is 54.6 Å². The van der Waals surface area contributed by atoms with Crippen LogP contribution in [0.25, 0.3) is 11.1 Å². The van der Waals surface area contributed by atoms with E-state index in [0.717, 1.165) is 11.1 Å². The molecule has 0 unspecified atom stereocenters. The van der Waals surface area contributed by atoms with Crippen LogP contribution in [0.3, 0.4) is 0 Å². The van der Waals surface area contributed by atoms with Crippen LogP contribution in [-0.2, 0) is 4.79 Å². The largest absolute Gasteiger partial charge is 0.342 e. The number of benzene rings is 2. The van der Waals surface area contributed by atoms with Gasteiger partial charge in [-0.1, -0.05) is 42.5 Å². The van der Waals surface area contributed by atoms with E-state index in [1.165, 1.54) is 0 Å². The summed E-state index contributed by atoms with van der Waals surface area (Å²) in [5.74, 6) is -0.0990. The third kappa shape index (κ3) is 2.86. The van der Waals surface area contributed by atoms with Gasteiger partial charge in [0.2, 0.25) is 5.91 Å². The third-order valence-electron chi connectivity index (χ3n) is 3.96. The van der Waals surface area contributed by atoms with Gasteiger partial charge in [-0.3, -0.25) is 9.59 Å². The smallest absolute Gasteiger partial charge is 0.254 e. The number of hydrogen-bond donors (Lipinski definition) is 0. The lowest BCUT2D eigenvalue weighted by atomic mass is 10.0. The van der Waals surface area contributed by atoms with Gasteiger partial charge >= 0.3 is 0 Å². The van der Waals surface area contributed by atoms with Crippen molar-refractivity contribution in [1.29, 1.82) is 0 Å². The first-order chi connectivity index (χ1) is 10.6. The van der Waals surface area contributed by atoms with Crippen LogP contribution in [0.2, 0.25) is 0 Å². The van der Waals surface area contributed by atoms with Gasteiger partial charge in [0.1, 0.15) is 6.54 Å². The Morgan fingerprint density at radius 1 is 0.955 bits per heavy atom. The van der Waals surface area contributed by atoms with Crippen molar-refractivity contribution in [3.63, 3.8) is 0 Å². The summed E-state index contributed by atoms with van der Waals surface area (Å²) in [6, 6.07) is 17.5. The highest BCUT2D eigenvalue weighted by molar-refractivity contribution is 5.98. The second-order valence-corrected chi connectivity index (χ2v) is 5.49. The Hall–Kier alpha value is -2.62. The summed E-state index contributed by atoms with van der Waals surface area (Å²) in [4.78, 5) is 27.6. The number of hydrogen-bond acceptors (Lipinski definition) is 2. The second kappa shape index (κ2) is 6.02. The Kier molecular flexibility index (Phi) is 3.92. The minimum Gasteiger partial charge on any atom is -0.342 e. The summed E-state index contributed by atoms with van der Waals surface area (Å²) in [6.07, 6.45) is 0.